The summed E-state index contributed by atoms with van der Waals surface area (Å²) in [7, 11) is 1.67. The number of rotatable bonds is 7. The number of carbonyl (C=O) groups excluding carboxylic acids is 1. The predicted molar refractivity (Wildman–Crippen MR) is 69.0 cm³/mol. The Hall–Kier alpha value is -0.610. The number of piperidine rings is 1. The molecule has 1 N–H and O–H groups in total. The van der Waals surface area contributed by atoms with Gasteiger partial charge in [-0.05, 0) is 25.7 Å². The van der Waals surface area contributed by atoms with E-state index in [0.29, 0.717) is 19.2 Å². The molecule has 4 nitrogen and oxygen atoms in total. The molecule has 0 bridgehead atoms. The van der Waals surface area contributed by atoms with Gasteiger partial charge in [0.15, 0.2) is 0 Å². The van der Waals surface area contributed by atoms with Crippen molar-refractivity contribution >= 4 is 5.91 Å². The summed E-state index contributed by atoms with van der Waals surface area (Å²) < 4.78 is 4.94. The minimum atomic E-state index is 0.249. The zero-order valence-corrected chi connectivity index (χ0v) is 11.2. The second-order valence-electron chi connectivity index (χ2n) is 4.69. The quantitative estimate of drug-likeness (QED) is 0.686. The Morgan fingerprint density at radius 2 is 2.29 bits per heavy atom. The molecule has 1 heterocycles. The Bertz CT molecular complexity index is 219. The Morgan fingerprint density at radius 3 is 3.00 bits per heavy atom. The van der Waals surface area contributed by atoms with E-state index >= 15 is 0 Å². The summed E-state index contributed by atoms with van der Waals surface area (Å²) in [6.07, 6.45) is 5.91. The number of likely N-dealkylation sites (tertiary alicyclic amines) is 1. The van der Waals surface area contributed by atoms with Crippen LogP contribution in [0.3, 0.4) is 0 Å². The van der Waals surface area contributed by atoms with Crippen LogP contribution in [0.2, 0.25) is 0 Å². The molecule has 1 aliphatic rings. The van der Waals surface area contributed by atoms with Crippen molar-refractivity contribution in [3.63, 3.8) is 0 Å². The van der Waals surface area contributed by atoms with Crippen LogP contribution in [-0.4, -0.2) is 50.2 Å². The highest BCUT2D eigenvalue weighted by Gasteiger charge is 2.25. The molecular weight excluding hydrogens is 216 g/mol. The maximum atomic E-state index is 12.1. The fourth-order valence-corrected chi connectivity index (χ4v) is 2.43. The molecule has 1 atom stereocenters. The molecule has 1 fully saturated rings. The van der Waals surface area contributed by atoms with Crippen LogP contribution in [0.1, 0.15) is 39.0 Å². The van der Waals surface area contributed by atoms with Crippen LogP contribution in [0.4, 0.5) is 0 Å². The molecule has 1 saturated heterocycles. The first-order chi connectivity index (χ1) is 8.29. The molecule has 1 rings (SSSR count). The van der Waals surface area contributed by atoms with Crippen LogP contribution in [0, 0.1) is 0 Å². The Balaban J connectivity index is 2.31. The molecule has 0 spiro atoms. The fourth-order valence-electron chi connectivity index (χ4n) is 2.43. The predicted octanol–water partition coefficient (Wildman–Crippen LogP) is 1.40. The first-order valence-corrected chi connectivity index (χ1v) is 6.78. The third kappa shape index (κ3) is 5.04. The van der Waals surface area contributed by atoms with E-state index < -0.39 is 0 Å². The summed E-state index contributed by atoms with van der Waals surface area (Å²) in [6, 6.07) is 0.477. The molecule has 0 aromatic rings. The average molecular weight is 242 g/mol. The van der Waals surface area contributed by atoms with E-state index in [2.05, 4.69) is 17.1 Å². The van der Waals surface area contributed by atoms with E-state index in [-0.39, 0.29) is 5.91 Å². The lowest BCUT2D eigenvalue weighted by molar-refractivity contribution is -0.134. The smallest absolute Gasteiger partial charge is 0.236 e. The number of methoxy groups -OCH3 is 1. The second kappa shape index (κ2) is 8.48. The van der Waals surface area contributed by atoms with Gasteiger partial charge in [-0.1, -0.05) is 13.3 Å². The summed E-state index contributed by atoms with van der Waals surface area (Å²) >= 11 is 0. The summed E-state index contributed by atoms with van der Waals surface area (Å²) in [4.78, 5) is 14.1. The van der Waals surface area contributed by atoms with Crippen molar-refractivity contribution < 1.29 is 9.53 Å². The molecule has 1 aliphatic heterocycles. The van der Waals surface area contributed by atoms with Gasteiger partial charge in [-0.15, -0.1) is 0 Å². The van der Waals surface area contributed by atoms with Crippen molar-refractivity contribution in [3.05, 3.63) is 0 Å². The number of nitrogens with one attached hydrogen (secondary N) is 1. The van der Waals surface area contributed by atoms with Gasteiger partial charge in [-0.2, -0.15) is 0 Å². The third-order valence-electron chi connectivity index (χ3n) is 3.33. The maximum Gasteiger partial charge on any atom is 0.236 e. The summed E-state index contributed by atoms with van der Waals surface area (Å²) in [5.41, 5.74) is 0. The number of hydrogen-bond donors (Lipinski definition) is 1. The SMILES string of the molecule is CCCC1CCCCN1C(=O)CNCCOC. The lowest BCUT2D eigenvalue weighted by Crippen LogP contribution is -2.47. The van der Waals surface area contributed by atoms with Crippen molar-refractivity contribution in [1.82, 2.24) is 10.2 Å². The summed E-state index contributed by atoms with van der Waals surface area (Å²) in [5, 5.41) is 3.13. The Labute approximate surface area is 105 Å². The summed E-state index contributed by atoms with van der Waals surface area (Å²) in [5.74, 6) is 0.249. The van der Waals surface area contributed by atoms with E-state index in [0.717, 1.165) is 32.4 Å². The normalized spacial score (nSPS) is 20.6. The van der Waals surface area contributed by atoms with Crippen LogP contribution < -0.4 is 5.32 Å². The van der Waals surface area contributed by atoms with Crippen LogP contribution in [-0.2, 0) is 9.53 Å². The standard InChI is InChI=1S/C13H26N2O2/c1-3-6-12-7-4-5-9-15(12)13(16)11-14-8-10-17-2/h12,14H,3-11H2,1-2H3. The lowest BCUT2D eigenvalue weighted by Gasteiger charge is -2.36. The van der Waals surface area contributed by atoms with Crippen molar-refractivity contribution in [3.8, 4) is 0 Å². The number of carbonyl (C=O) groups is 1. The highest BCUT2D eigenvalue weighted by Crippen LogP contribution is 2.20. The largest absolute Gasteiger partial charge is 0.383 e. The molecule has 0 aliphatic carbocycles. The van der Waals surface area contributed by atoms with Gasteiger partial charge < -0.3 is 15.0 Å². The molecule has 1 amide bonds. The number of hydrogen-bond acceptors (Lipinski definition) is 3. The molecule has 0 saturated carbocycles. The molecular formula is C13H26N2O2. The van der Waals surface area contributed by atoms with Gasteiger partial charge in [0.25, 0.3) is 0 Å². The highest BCUT2D eigenvalue weighted by molar-refractivity contribution is 5.78. The van der Waals surface area contributed by atoms with Crippen LogP contribution in [0.15, 0.2) is 0 Å². The molecule has 100 valence electrons. The first kappa shape index (κ1) is 14.5. The zero-order valence-electron chi connectivity index (χ0n) is 11.2. The van der Waals surface area contributed by atoms with Gasteiger partial charge in [0.05, 0.1) is 13.2 Å². The monoisotopic (exact) mass is 242 g/mol. The zero-order chi connectivity index (χ0) is 12.5. The van der Waals surface area contributed by atoms with Crippen LogP contribution in [0.25, 0.3) is 0 Å². The molecule has 0 radical (unpaired) electrons. The lowest BCUT2D eigenvalue weighted by atomic mass is 9.98. The Morgan fingerprint density at radius 1 is 1.47 bits per heavy atom. The van der Waals surface area contributed by atoms with E-state index in [1.807, 2.05) is 0 Å². The molecule has 0 aromatic heterocycles. The van der Waals surface area contributed by atoms with E-state index in [9.17, 15) is 4.79 Å². The van der Waals surface area contributed by atoms with Gasteiger partial charge >= 0.3 is 0 Å². The van der Waals surface area contributed by atoms with Crippen LogP contribution in [0.5, 0.6) is 0 Å². The Kier molecular flexibility index (Phi) is 7.21. The van der Waals surface area contributed by atoms with Crippen molar-refractivity contribution in [2.24, 2.45) is 0 Å². The van der Waals surface area contributed by atoms with Crippen LogP contribution >= 0.6 is 0 Å². The van der Waals surface area contributed by atoms with Gasteiger partial charge in [0.2, 0.25) is 5.91 Å². The fraction of sp³-hybridized carbons (Fsp3) is 0.923. The van der Waals surface area contributed by atoms with Crippen molar-refractivity contribution in [1.29, 1.82) is 0 Å². The van der Waals surface area contributed by atoms with E-state index in [1.165, 1.54) is 12.8 Å². The minimum absolute atomic E-state index is 0.249. The van der Waals surface area contributed by atoms with Gasteiger partial charge in [-0.25, -0.2) is 0 Å². The number of ether oxygens (including phenoxy) is 1. The van der Waals surface area contributed by atoms with Crippen molar-refractivity contribution in [2.45, 2.75) is 45.1 Å². The van der Waals surface area contributed by atoms with E-state index in [1.54, 1.807) is 7.11 Å². The first-order valence-electron chi connectivity index (χ1n) is 6.78. The maximum absolute atomic E-state index is 12.1. The molecule has 4 heteroatoms. The second-order valence-corrected chi connectivity index (χ2v) is 4.69. The average Bonchev–Trinajstić information content (AvgIpc) is 2.35. The van der Waals surface area contributed by atoms with E-state index in [4.69, 9.17) is 4.74 Å². The van der Waals surface area contributed by atoms with Gasteiger partial charge in [0.1, 0.15) is 0 Å². The number of nitrogens with zero attached hydrogens (tertiary/aromatic N) is 1. The third-order valence-corrected chi connectivity index (χ3v) is 3.33. The van der Waals surface area contributed by atoms with Gasteiger partial charge in [0, 0.05) is 26.2 Å². The van der Waals surface area contributed by atoms with Gasteiger partial charge in [-0.3, -0.25) is 4.79 Å². The van der Waals surface area contributed by atoms with Crippen molar-refractivity contribution in [2.75, 3.05) is 33.4 Å². The highest BCUT2D eigenvalue weighted by atomic mass is 16.5. The molecule has 1 unspecified atom stereocenters. The summed E-state index contributed by atoms with van der Waals surface area (Å²) in [6.45, 7) is 4.98. The topological polar surface area (TPSA) is 41.6 Å². The molecule has 17 heavy (non-hydrogen) atoms. The number of amides is 1. The minimum Gasteiger partial charge on any atom is -0.383 e. The molecule has 0 aromatic carbocycles.